The molecule has 0 saturated heterocycles. The Morgan fingerprint density at radius 1 is 1.31 bits per heavy atom. The third-order valence-corrected chi connectivity index (χ3v) is 2.61. The molecule has 1 unspecified atom stereocenters. The standard InChI is InChI=1S/C13H22N2O/c1-4-11-7-5-6-8-12(11)13(15-14)9-16-10(2)3/h5-8,10,13,15H,4,9,14H2,1-3H3. The SMILES string of the molecule is CCc1ccccc1C(COC(C)C)NN. The molecule has 0 bridgehead atoms. The van der Waals surface area contributed by atoms with E-state index >= 15 is 0 Å². The predicted molar refractivity (Wildman–Crippen MR) is 67.0 cm³/mol. The molecule has 0 aliphatic heterocycles. The molecule has 0 spiro atoms. The third kappa shape index (κ3) is 3.59. The predicted octanol–water partition coefficient (Wildman–Crippen LogP) is 2.18. The maximum atomic E-state index is 5.61. The topological polar surface area (TPSA) is 47.3 Å². The van der Waals surface area contributed by atoms with Crippen LogP contribution in [0.4, 0.5) is 0 Å². The van der Waals surface area contributed by atoms with Crippen molar-refractivity contribution in [2.24, 2.45) is 5.84 Å². The molecule has 90 valence electrons. The van der Waals surface area contributed by atoms with E-state index in [0.717, 1.165) is 6.42 Å². The second-order valence-corrected chi connectivity index (χ2v) is 4.15. The zero-order valence-electron chi connectivity index (χ0n) is 10.4. The highest BCUT2D eigenvalue weighted by molar-refractivity contribution is 5.30. The van der Waals surface area contributed by atoms with Gasteiger partial charge in [0.2, 0.25) is 0 Å². The van der Waals surface area contributed by atoms with Gasteiger partial charge in [0.15, 0.2) is 0 Å². The maximum absolute atomic E-state index is 5.61. The van der Waals surface area contributed by atoms with Crippen LogP contribution < -0.4 is 11.3 Å². The Morgan fingerprint density at radius 2 is 2.00 bits per heavy atom. The van der Waals surface area contributed by atoms with Gasteiger partial charge in [-0.25, -0.2) is 0 Å². The first-order valence-corrected chi connectivity index (χ1v) is 5.84. The van der Waals surface area contributed by atoms with Crippen molar-refractivity contribution in [1.82, 2.24) is 5.43 Å². The molecule has 0 aliphatic rings. The van der Waals surface area contributed by atoms with Crippen molar-refractivity contribution in [2.45, 2.75) is 39.3 Å². The van der Waals surface area contributed by atoms with Crippen molar-refractivity contribution in [3.63, 3.8) is 0 Å². The molecule has 0 saturated carbocycles. The number of hydrazine groups is 1. The van der Waals surface area contributed by atoms with E-state index in [9.17, 15) is 0 Å². The van der Waals surface area contributed by atoms with Crippen LogP contribution in [0.5, 0.6) is 0 Å². The summed E-state index contributed by atoms with van der Waals surface area (Å²) in [5.74, 6) is 5.58. The summed E-state index contributed by atoms with van der Waals surface area (Å²) < 4.78 is 5.61. The van der Waals surface area contributed by atoms with Gasteiger partial charge < -0.3 is 4.74 Å². The summed E-state index contributed by atoms with van der Waals surface area (Å²) in [4.78, 5) is 0. The lowest BCUT2D eigenvalue weighted by Gasteiger charge is -2.20. The van der Waals surface area contributed by atoms with Crippen LogP contribution in [0.3, 0.4) is 0 Å². The molecular weight excluding hydrogens is 200 g/mol. The molecule has 0 radical (unpaired) electrons. The van der Waals surface area contributed by atoms with Crippen molar-refractivity contribution in [3.05, 3.63) is 35.4 Å². The monoisotopic (exact) mass is 222 g/mol. The summed E-state index contributed by atoms with van der Waals surface area (Å²) in [7, 11) is 0. The number of rotatable bonds is 6. The molecule has 3 nitrogen and oxygen atoms in total. The second-order valence-electron chi connectivity index (χ2n) is 4.15. The lowest BCUT2D eigenvalue weighted by atomic mass is 9.99. The van der Waals surface area contributed by atoms with Gasteiger partial charge in [-0.2, -0.15) is 0 Å². The Kier molecular flexibility index (Phi) is 5.46. The molecule has 0 aliphatic carbocycles. The molecule has 1 aromatic carbocycles. The van der Waals surface area contributed by atoms with Gasteiger partial charge in [0, 0.05) is 0 Å². The minimum Gasteiger partial charge on any atom is -0.377 e. The van der Waals surface area contributed by atoms with Crippen LogP contribution in [0.2, 0.25) is 0 Å². The van der Waals surface area contributed by atoms with Crippen LogP contribution in [-0.4, -0.2) is 12.7 Å². The molecule has 3 heteroatoms. The van der Waals surface area contributed by atoms with Crippen LogP contribution in [0.25, 0.3) is 0 Å². The summed E-state index contributed by atoms with van der Waals surface area (Å²) in [6.07, 6.45) is 1.24. The molecular formula is C13H22N2O. The Balaban J connectivity index is 2.77. The summed E-state index contributed by atoms with van der Waals surface area (Å²) in [5.41, 5.74) is 5.37. The first kappa shape index (κ1) is 13.2. The second kappa shape index (κ2) is 6.63. The average molecular weight is 222 g/mol. The Bertz CT molecular complexity index is 313. The van der Waals surface area contributed by atoms with Crippen LogP contribution in [0.15, 0.2) is 24.3 Å². The molecule has 0 aromatic heterocycles. The average Bonchev–Trinajstić information content (AvgIpc) is 2.30. The first-order chi connectivity index (χ1) is 7.69. The van der Waals surface area contributed by atoms with Crippen LogP contribution in [0, 0.1) is 0 Å². The van der Waals surface area contributed by atoms with Gasteiger partial charge in [0.25, 0.3) is 0 Å². The molecule has 16 heavy (non-hydrogen) atoms. The van der Waals surface area contributed by atoms with Gasteiger partial charge in [-0.05, 0) is 31.4 Å². The Labute approximate surface area is 98.0 Å². The Morgan fingerprint density at radius 3 is 2.56 bits per heavy atom. The highest BCUT2D eigenvalue weighted by atomic mass is 16.5. The number of nitrogens with one attached hydrogen (secondary N) is 1. The van der Waals surface area contributed by atoms with Crippen LogP contribution >= 0.6 is 0 Å². The summed E-state index contributed by atoms with van der Waals surface area (Å²) in [5, 5.41) is 0. The van der Waals surface area contributed by atoms with Gasteiger partial charge >= 0.3 is 0 Å². The third-order valence-electron chi connectivity index (χ3n) is 2.61. The van der Waals surface area contributed by atoms with Crippen LogP contribution in [-0.2, 0) is 11.2 Å². The Hall–Kier alpha value is -0.900. The van der Waals surface area contributed by atoms with E-state index in [2.05, 4.69) is 30.5 Å². The lowest BCUT2D eigenvalue weighted by molar-refractivity contribution is 0.0610. The first-order valence-electron chi connectivity index (χ1n) is 5.84. The van der Waals surface area contributed by atoms with Crippen molar-refractivity contribution >= 4 is 0 Å². The molecule has 1 aromatic rings. The van der Waals surface area contributed by atoms with Gasteiger partial charge in [0.1, 0.15) is 0 Å². The highest BCUT2D eigenvalue weighted by Gasteiger charge is 2.13. The van der Waals surface area contributed by atoms with E-state index in [1.165, 1.54) is 11.1 Å². The molecule has 0 amide bonds. The van der Waals surface area contributed by atoms with Crippen LogP contribution in [0.1, 0.15) is 37.9 Å². The fourth-order valence-electron chi connectivity index (χ4n) is 1.71. The fourth-order valence-corrected chi connectivity index (χ4v) is 1.71. The van der Waals surface area contributed by atoms with E-state index in [1.54, 1.807) is 0 Å². The minimum atomic E-state index is 0.0681. The largest absolute Gasteiger partial charge is 0.377 e. The zero-order chi connectivity index (χ0) is 12.0. The molecule has 0 fully saturated rings. The minimum absolute atomic E-state index is 0.0681. The number of hydrogen-bond acceptors (Lipinski definition) is 3. The van der Waals surface area contributed by atoms with E-state index in [1.807, 2.05) is 19.9 Å². The molecule has 1 rings (SSSR count). The lowest BCUT2D eigenvalue weighted by Crippen LogP contribution is -2.32. The summed E-state index contributed by atoms with van der Waals surface area (Å²) in [6, 6.07) is 8.40. The molecule has 1 atom stereocenters. The number of ether oxygens (including phenoxy) is 1. The maximum Gasteiger partial charge on any atom is 0.0696 e. The van der Waals surface area contributed by atoms with Crippen molar-refractivity contribution < 1.29 is 4.74 Å². The van der Waals surface area contributed by atoms with E-state index in [0.29, 0.717) is 6.61 Å². The molecule has 0 heterocycles. The van der Waals surface area contributed by atoms with Crippen molar-refractivity contribution in [2.75, 3.05) is 6.61 Å². The zero-order valence-corrected chi connectivity index (χ0v) is 10.4. The van der Waals surface area contributed by atoms with E-state index in [4.69, 9.17) is 10.6 Å². The van der Waals surface area contributed by atoms with E-state index < -0.39 is 0 Å². The smallest absolute Gasteiger partial charge is 0.0696 e. The van der Waals surface area contributed by atoms with Crippen molar-refractivity contribution in [1.29, 1.82) is 0 Å². The fraction of sp³-hybridized carbons (Fsp3) is 0.538. The van der Waals surface area contributed by atoms with Gasteiger partial charge in [-0.1, -0.05) is 31.2 Å². The summed E-state index contributed by atoms with van der Waals surface area (Å²) >= 11 is 0. The van der Waals surface area contributed by atoms with Gasteiger partial charge in [0.05, 0.1) is 18.8 Å². The quantitative estimate of drug-likeness (QED) is 0.573. The number of nitrogens with two attached hydrogens (primary N) is 1. The number of aryl methyl sites for hydroxylation is 1. The number of hydrogen-bond donors (Lipinski definition) is 2. The van der Waals surface area contributed by atoms with Crippen molar-refractivity contribution in [3.8, 4) is 0 Å². The normalized spacial score (nSPS) is 13.1. The van der Waals surface area contributed by atoms with Gasteiger partial charge in [-0.3, -0.25) is 11.3 Å². The summed E-state index contributed by atoms with van der Waals surface area (Å²) in [6.45, 7) is 6.81. The number of benzene rings is 1. The molecule has 3 N–H and O–H groups in total. The highest BCUT2D eigenvalue weighted by Crippen LogP contribution is 2.18. The van der Waals surface area contributed by atoms with Gasteiger partial charge in [-0.15, -0.1) is 0 Å². The van der Waals surface area contributed by atoms with E-state index in [-0.39, 0.29) is 12.1 Å².